The molecule has 0 radical (unpaired) electrons. The summed E-state index contributed by atoms with van der Waals surface area (Å²) < 4.78 is 50.2. The van der Waals surface area contributed by atoms with E-state index < -0.39 is 21.5 Å². The summed E-state index contributed by atoms with van der Waals surface area (Å²) in [4.78, 5) is -0.143. The molecule has 6 heteroatoms. The van der Waals surface area contributed by atoms with Crippen LogP contribution in [0, 0.1) is 17.6 Å². The normalized spacial score (nSPS) is 23.1. The highest BCUT2D eigenvalue weighted by Gasteiger charge is 2.27. The molecule has 1 aliphatic carbocycles. The van der Waals surface area contributed by atoms with Crippen molar-refractivity contribution in [3.05, 3.63) is 29.8 Å². The summed E-state index contributed by atoms with van der Waals surface area (Å²) in [7, 11) is -1.67. The highest BCUT2D eigenvalue weighted by atomic mass is 32.2. The SMILES string of the molecule is CNC1CCCC1CCS(=O)(=O)c1ccc(F)c(F)c1. The van der Waals surface area contributed by atoms with Crippen LogP contribution in [0.5, 0.6) is 0 Å². The Balaban J connectivity index is 2.05. The highest BCUT2D eigenvalue weighted by Crippen LogP contribution is 2.29. The molecule has 0 spiro atoms. The zero-order valence-corrected chi connectivity index (χ0v) is 12.2. The maximum Gasteiger partial charge on any atom is 0.178 e. The second-order valence-electron chi connectivity index (χ2n) is 5.27. The van der Waals surface area contributed by atoms with Gasteiger partial charge in [0.25, 0.3) is 0 Å². The van der Waals surface area contributed by atoms with Crippen molar-refractivity contribution < 1.29 is 17.2 Å². The first-order valence-electron chi connectivity index (χ1n) is 6.79. The Morgan fingerprint density at radius 3 is 2.65 bits per heavy atom. The second kappa shape index (κ2) is 6.18. The minimum Gasteiger partial charge on any atom is -0.317 e. The summed E-state index contributed by atoms with van der Waals surface area (Å²) in [5.74, 6) is -1.85. The molecule has 1 saturated carbocycles. The maximum atomic E-state index is 13.1. The number of rotatable bonds is 5. The second-order valence-corrected chi connectivity index (χ2v) is 7.38. The van der Waals surface area contributed by atoms with Gasteiger partial charge in [-0.15, -0.1) is 0 Å². The van der Waals surface area contributed by atoms with Gasteiger partial charge >= 0.3 is 0 Å². The van der Waals surface area contributed by atoms with E-state index in [0.717, 1.165) is 37.5 Å². The molecule has 1 aromatic rings. The van der Waals surface area contributed by atoms with Crippen LogP contribution in [0.25, 0.3) is 0 Å². The number of sulfone groups is 1. The molecule has 112 valence electrons. The van der Waals surface area contributed by atoms with Gasteiger partial charge in [-0.2, -0.15) is 0 Å². The van der Waals surface area contributed by atoms with E-state index in [1.165, 1.54) is 0 Å². The van der Waals surface area contributed by atoms with E-state index in [1.807, 2.05) is 7.05 Å². The lowest BCUT2D eigenvalue weighted by molar-refractivity contribution is 0.414. The predicted molar refractivity (Wildman–Crippen MR) is 73.2 cm³/mol. The molecule has 1 aliphatic rings. The van der Waals surface area contributed by atoms with Crippen molar-refractivity contribution in [1.82, 2.24) is 5.32 Å². The first kappa shape index (κ1) is 15.4. The summed E-state index contributed by atoms with van der Waals surface area (Å²) >= 11 is 0. The molecular formula is C14H19F2NO2S. The topological polar surface area (TPSA) is 46.2 Å². The average Bonchev–Trinajstić information content (AvgIpc) is 2.87. The van der Waals surface area contributed by atoms with Crippen molar-refractivity contribution in [3.8, 4) is 0 Å². The Kier molecular flexibility index (Phi) is 4.75. The fourth-order valence-electron chi connectivity index (χ4n) is 2.86. The van der Waals surface area contributed by atoms with Crippen LogP contribution in [0.15, 0.2) is 23.1 Å². The lowest BCUT2D eigenvalue weighted by Crippen LogP contribution is -2.30. The van der Waals surface area contributed by atoms with Crippen LogP contribution in [-0.2, 0) is 9.84 Å². The lowest BCUT2D eigenvalue weighted by Gasteiger charge is -2.18. The van der Waals surface area contributed by atoms with Crippen molar-refractivity contribution in [3.63, 3.8) is 0 Å². The van der Waals surface area contributed by atoms with Gasteiger partial charge in [0.05, 0.1) is 10.6 Å². The third kappa shape index (κ3) is 3.35. The third-order valence-corrected chi connectivity index (χ3v) is 5.78. The van der Waals surface area contributed by atoms with Crippen molar-refractivity contribution in [2.75, 3.05) is 12.8 Å². The first-order valence-corrected chi connectivity index (χ1v) is 8.44. The first-order chi connectivity index (χ1) is 9.44. The van der Waals surface area contributed by atoms with Crippen LogP contribution in [0.2, 0.25) is 0 Å². The number of hydrogen-bond donors (Lipinski definition) is 1. The molecule has 0 heterocycles. The molecule has 2 rings (SSSR count). The number of benzene rings is 1. The van der Waals surface area contributed by atoms with Gasteiger partial charge < -0.3 is 5.32 Å². The van der Waals surface area contributed by atoms with Crippen LogP contribution >= 0.6 is 0 Å². The molecule has 1 fully saturated rings. The minimum atomic E-state index is -3.55. The largest absolute Gasteiger partial charge is 0.317 e. The van der Waals surface area contributed by atoms with Crippen LogP contribution in [-0.4, -0.2) is 27.3 Å². The van der Waals surface area contributed by atoms with Gasteiger partial charge in [0.1, 0.15) is 0 Å². The summed E-state index contributed by atoms with van der Waals surface area (Å²) in [6, 6.07) is 3.09. The highest BCUT2D eigenvalue weighted by molar-refractivity contribution is 7.91. The molecule has 0 aromatic heterocycles. The summed E-state index contributed by atoms with van der Waals surface area (Å²) in [5, 5.41) is 3.20. The Morgan fingerprint density at radius 2 is 2.00 bits per heavy atom. The van der Waals surface area contributed by atoms with Gasteiger partial charge in [0.15, 0.2) is 21.5 Å². The fraction of sp³-hybridized carbons (Fsp3) is 0.571. The standard InChI is InChI=1S/C14H19F2NO2S/c1-17-14-4-2-3-10(14)7-8-20(18,19)11-5-6-12(15)13(16)9-11/h5-6,9-10,14,17H,2-4,7-8H2,1H3. The quantitative estimate of drug-likeness (QED) is 0.850. The van der Waals surface area contributed by atoms with E-state index in [0.29, 0.717) is 18.4 Å². The van der Waals surface area contributed by atoms with Gasteiger partial charge in [-0.3, -0.25) is 0 Å². The zero-order valence-electron chi connectivity index (χ0n) is 11.4. The van der Waals surface area contributed by atoms with Gasteiger partial charge in [-0.25, -0.2) is 17.2 Å². The van der Waals surface area contributed by atoms with Crippen LogP contribution in [0.3, 0.4) is 0 Å². The Bertz CT molecular complexity index is 575. The Hall–Kier alpha value is -1.01. The predicted octanol–water partition coefficient (Wildman–Crippen LogP) is 2.52. The van der Waals surface area contributed by atoms with E-state index in [2.05, 4.69) is 5.32 Å². The summed E-state index contributed by atoms with van der Waals surface area (Å²) in [5.41, 5.74) is 0. The molecule has 2 unspecified atom stereocenters. The number of hydrogen-bond acceptors (Lipinski definition) is 3. The smallest absolute Gasteiger partial charge is 0.178 e. The molecule has 2 atom stereocenters. The molecule has 1 N–H and O–H groups in total. The monoisotopic (exact) mass is 303 g/mol. The maximum absolute atomic E-state index is 13.1. The molecule has 0 bridgehead atoms. The van der Waals surface area contributed by atoms with E-state index in [1.54, 1.807) is 0 Å². The van der Waals surface area contributed by atoms with Gasteiger partial charge in [-0.1, -0.05) is 6.42 Å². The zero-order chi connectivity index (χ0) is 14.8. The van der Waals surface area contributed by atoms with E-state index in [9.17, 15) is 17.2 Å². The van der Waals surface area contributed by atoms with Gasteiger partial charge in [0.2, 0.25) is 0 Å². The van der Waals surface area contributed by atoms with Crippen molar-refractivity contribution >= 4 is 9.84 Å². The Labute approximate surface area is 118 Å². The number of nitrogens with one attached hydrogen (secondary N) is 1. The molecule has 0 amide bonds. The fourth-order valence-corrected chi connectivity index (χ4v) is 4.26. The summed E-state index contributed by atoms with van der Waals surface area (Å²) in [6.07, 6.45) is 3.72. The molecule has 0 saturated heterocycles. The minimum absolute atomic E-state index is 0.0269. The number of halogens is 2. The van der Waals surface area contributed by atoms with E-state index in [-0.39, 0.29) is 10.6 Å². The van der Waals surface area contributed by atoms with Crippen molar-refractivity contribution in [1.29, 1.82) is 0 Å². The van der Waals surface area contributed by atoms with Crippen LogP contribution < -0.4 is 5.32 Å². The molecule has 20 heavy (non-hydrogen) atoms. The van der Waals surface area contributed by atoms with Gasteiger partial charge in [-0.05, 0) is 50.4 Å². The molecular weight excluding hydrogens is 284 g/mol. The molecule has 0 aliphatic heterocycles. The van der Waals surface area contributed by atoms with Crippen LogP contribution in [0.4, 0.5) is 8.78 Å². The summed E-state index contributed by atoms with van der Waals surface area (Å²) in [6.45, 7) is 0. The lowest BCUT2D eigenvalue weighted by atomic mass is 10.0. The van der Waals surface area contributed by atoms with Crippen molar-refractivity contribution in [2.45, 2.75) is 36.6 Å². The Morgan fingerprint density at radius 1 is 1.25 bits per heavy atom. The van der Waals surface area contributed by atoms with Gasteiger partial charge in [0, 0.05) is 6.04 Å². The van der Waals surface area contributed by atoms with Crippen LogP contribution in [0.1, 0.15) is 25.7 Å². The third-order valence-electron chi connectivity index (χ3n) is 4.04. The van der Waals surface area contributed by atoms with Crippen molar-refractivity contribution in [2.24, 2.45) is 5.92 Å². The molecule has 3 nitrogen and oxygen atoms in total. The average molecular weight is 303 g/mol. The van der Waals surface area contributed by atoms with E-state index in [4.69, 9.17) is 0 Å². The van der Waals surface area contributed by atoms with E-state index >= 15 is 0 Å². The molecule has 1 aromatic carbocycles.